The van der Waals surface area contributed by atoms with E-state index in [1.165, 1.54) is 0 Å². The van der Waals surface area contributed by atoms with Crippen LogP contribution in [0.4, 0.5) is 0 Å². The number of benzene rings is 1. The van der Waals surface area contributed by atoms with Gasteiger partial charge in [0, 0.05) is 23.5 Å². The summed E-state index contributed by atoms with van der Waals surface area (Å²) >= 11 is 0. The second-order valence-corrected chi connectivity index (χ2v) is 3.71. The first-order valence-electron chi connectivity index (χ1n) is 5.05. The third kappa shape index (κ3) is 1.98. The average Bonchev–Trinajstić information content (AvgIpc) is 2.30. The number of aromatic nitrogens is 2. The predicted octanol–water partition coefficient (Wildman–Crippen LogP) is 2.57. The predicted molar refractivity (Wildman–Crippen MR) is 62.3 cm³/mol. The summed E-state index contributed by atoms with van der Waals surface area (Å²) in [7, 11) is 0. The lowest BCUT2D eigenvalue weighted by atomic mass is 10.0. The van der Waals surface area contributed by atoms with E-state index >= 15 is 0 Å². The molecule has 16 heavy (non-hydrogen) atoms. The van der Waals surface area contributed by atoms with Gasteiger partial charge in [-0.3, -0.25) is 4.79 Å². The minimum Gasteiger partial charge on any atom is -0.298 e. The van der Waals surface area contributed by atoms with Crippen LogP contribution in [0.15, 0.2) is 30.6 Å². The summed E-state index contributed by atoms with van der Waals surface area (Å²) in [4.78, 5) is 18.9. The van der Waals surface area contributed by atoms with Crippen molar-refractivity contribution in [3.8, 4) is 11.1 Å². The van der Waals surface area contributed by atoms with Gasteiger partial charge in [-0.2, -0.15) is 0 Å². The van der Waals surface area contributed by atoms with E-state index in [1.54, 1.807) is 18.5 Å². The highest BCUT2D eigenvalue weighted by Crippen LogP contribution is 2.22. The number of rotatable bonds is 2. The summed E-state index contributed by atoms with van der Waals surface area (Å²) in [5.41, 5.74) is 3.78. The molecule has 1 aromatic heterocycles. The van der Waals surface area contributed by atoms with Crippen molar-refractivity contribution in [2.24, 2.45) is 0 Å². The molecule has 3 heteroatoms. The van der Waals surface area contributed by atoms with Gasteiger partial charge >= 0.3 is 0 Å². The van der Waals surface area contributed by atoms with Crippen molar-refractivity contribution in [3.05, 3.63) is 47.5 Å². The number of carbonyl (C=O) groups excluding carboxylic acids is 1. The van der Waals surface area contributed by atoms with Gasteiger partial charge in [0.2, 0.25) is 0 Å². The third-order valence-corrected chi connectivity index (χ3v) is 2.48. The highest BCUT2D eigenvalue weighted by atomic mass is 16.1. The molecule has 0 radical (unpaired) electrons. The average molecular weight is 212 g/mol. The lowest BCUT2D eigenvalue weighted by Gasteiger charge is -2.05. The van der Waals surface area contributed by atoms with Gasteiger partial charge in [0.25, 0.3) is 0 Å². The lowest BCUT2D eigenvalue weighted by Crippen LogP contribution is -1.91. The van der Waals surface area contributed by atoms with E-state index in [-0.39, 0.29) is 0 Å². The molecule has 3 nitrogen and oxygen atoms in total. The maximum absolute atomic E-state index is 10.6. The van der Waals surface area contributed by atoms with Crippen LogP contribution in [-0.2, 0) is 0 Å². The summed E-state index contributed by atoms with van der Waals surface area (Å²) in [6, 6.07) is 5.59. The molecule has 2 aromatic rings. The molecule has 0 bridgehead atoms. The summed E-state index contributed by atoms with van der Waals surface area (Å²) < 4.78 is 0. The van der Waals surface area contributed by atoms with Crippen LogP contribution in [0.5, 0.6) is 0 Å². The van der Waals surface area contributed by atoms with E-state index in [2.05, 4.69) is 9.97 Å². The van der Waals surface area contributed by atoms with Crippen LogP contribution >= 0.6 is 0 Å². The number of carbonyl (C=O) groups is 1. The van der Waals surface area contributed by atoms with Crippen LogP contribution in [0, 0.1) is 13.8 Å². The van der Waals surface area contributed by atoms with Crippen molar-refractivity contribution in [3.63, 3.8) is 0 Å². The molecule has 0 atom stereocenters. The second-order valence-electron chi connectivity index (χ2n) is 3.71. The number of aldehydes is 1. The van der Waals surface area contributed by atoms with Crippen molar-refractivity contribution in [2.75, 3.05) is 0 Å². The monoisotopic (exact) mass is 212 g/mol. The Morgan fingerprint density at radius 1 is 1.12 bits per heavy atom. The van der Waals surface area contributed by atoms with Gasteiger partial charge in [-0.05, 0) is 31.0 Å². The lowest BCUT2D eigenvalue weighted by molar-refractivity contribution is 0.112. The van der Waals surface area contributed by atoms with Crippen molar-refractivity contribution >= 4 is 6.29 Å². The molecule has 0 aliphatic rings. The zero-order chi connectivity index (χ0) is 11.5. The van der Waals surface area contributed by atoms with Gasteiger partial charge in [-0.1, -0.05) is 12.1 Å². The first-order chi connectivity index (χ1) is 7.70. The van der Waals surface area contributed by atoms with Crippen LogP contribution in [-0.4, -0.2) is 16.3 Å². The molecule has 0 unspecified atom stereocenters. The van der Waals surface area contributed by atoms with E-state index < -0.39 is 0 Å². The van der Waals surface area contributed by atoms with Crippen LogP contribution in [0.2, 0.25) is 0 Å². The number of nitrogens with zero attached hydrogens (tertiary/aromatic N) is 2. The van der Waals surface area contributed by atoms with Crippen LogP contribution in [0.25, 0.3) is 11.1 Å². The number of hydrogen-bond donors (Lipinski definition) is 0. The summed E-state index contributed by atoms with van der Waals surface area (Å²) in [5.74, 6) is 0.755. The van der Waals surface area contributed by atoms with E-state index in [9.17, 15) is 4.79 Å². The molecule has 0 amide bonds. The van der Waals surface area contributed by atoms with E-state index in [0.29, 0.717) is 5.56 Å². The maximum Gasteiger partial charge on any atom is 0.150 e. The molecule has 0 saturated carbocycles. The Hall–Kier alpha value is -2.03. The smallest absolute Gasteiger partial charge is 0.150 e. The fraction of sp³-hybridized carbons (Fsp3) is 0.154. The van der Waals surface area contributed by atoms with Gasteiger partial charge in [0.15, 0.2) is 0 Å². The molecule has 0 saturated heterocycles. The summed E-state index contributed by atoms with van der Waals surface area (Å²) in [6.45, 7) is 3.83. The molecule has 2 rings (SSSR count). The first-order valence-corrected chi connectivity index (χ1v) is 5.05. The molecular weight excluding hydrogens is 200 g/mol. The number of aryl methyl sites for hydroxylation is 2. The minimum atomic E-state index is 0.689. The number of hydrogen-bond acceptors (Lipinski definition) is 3. The van der Waals surface area contributed by atoms with Crippen molar-refractivity contribution in [1.29, 1.82) is 0 Å². The van der Waals surface area contributed by atoms with Gasteiger partial charge in [0.1, 0.15) is 12.1 Å². The van der Waals surface area contributed by atoms with E-state index in [0.717, 1.165) is 28.8 Å². The molecule has 1 heterocycles. The van der Waals surface area contributed by atoms with Crippen LogP contribution in [0.3, 0.4) is 0 Å². The molecule has 0 aliphatic carbocycles. The fourth-order valence-corrected chi connectivity index (χ4v) is 1.62. The van der Waals surface area contributed by atoms with Gasteiger partial charge in [0.05, 0.1) is 0 Å². The second kappa shape index (κ2) is 4.23. The Kier molecular flexibility index (Phi) is 2.77. The zero-order valence-corrected chi connectivity index (χ0v) is 9.27. The molecular formula is C13H12N2O. The Balaban J connectivity index is 2.48. The maximum atomic E-state index is 10.6. The SMILES string of the molecule is Cc1ncc(-c2ccc(C=O)cc2C)cn1. The highest BCUT2D eigenvalue weighted by molar-refractivity contribution is 5.78. The highest BCUT2D eigenvalue weighted by Gasteiger charge is 2.03. The topological polar surface area (TPSA) is 42.9 Å². The van der Waals surface area contributed by atoms with Gasteiger partial charge in [-0.15, -0.1) is 0 Å². The van der Waals surface area contributed by atoms with Crippen LogP contribution < -0.4 is 0 Å². The molecule has 0 spiro atoms. The standard InChI is InChI=1S/C13H12N2O/c1-9-5-11(8-16)3-4-13(9)12-6-14-10(2)15-7-12/h3-8H,1-2H3. The van der Waals surface area contributed by atoms with Gasteiger partial charge in [-0.25, -0.2) is 9.97 Å². The zero-order valence-electron chi connectivity index (χ0n) is 9.27. The summed E-state index contributed by atoms with van der Waals surface area (Å²) in [6.07, 6.45) is 4.44. The van der Waals surface area contributed by atoms with E-state index in [1.807, 2.05) is 26.0 Å². The van der Waals surface area contributed by atoms with Gasteiger partial charge < -0.3 is 0 Å². The normalized spacial score (nSPS) is 10.1. The molecule has 1 aromatic carbocycles. The first kappa shape index (κ1) is 10.5. The van der Waals surface area contributed by atoms with E-state index in [4.69, 9.17) is 0 Å². The van der Waals surface area contributed by atoms with Crippen molar-refractivity contribution in [2.45, 2.75) is 13.8 Å². The molecule has 0 aliphatic heterocycles. The Bertz CT molecular complexity index is 518. The van der Waals surface area contributed by atoms with Crippen molar-refractivity contribution < 1.29 is 4.79 Å². The molecule has 0 N–H and O–H groups in total. The fourth-order valence-electron chi connectivity index (χ4n) is 1.62. The molecule has 0 fully saturated rings. The Morgan fingerprint density at radius 3 is 2.38 bits per heavy atom. The quantitative estimate of drug-likeness (QED) is 0.718. The van der Waals surface area contributed by atoms with Crippen molar-refractivity contribution in [1.82, 2.24) is 9.97 Å². The molecule has 80 valence electrons. The largest absolute Gasteiger partial charge is 0.298 e. The minimum absolute atomic E-state index is 0.689. The summed E-state index contributed by atoms with van der Waals surface area (Å²) in [5, 5.41) is 0. The van der Waals surface area contributed by atoms with Crippen LogP contribution in [0.1, 0.15) is 21.7 Å². The Morgan fingerprint density at radius 2 is 1.81 bits per heavy atom. The third-order valence-electron chi connectivity index (χ3n) is 2.48. The Labute approximate surface area is 94.2 Å².